The van der Waals surface area contributed by atoms with Gasteiger partial charge in [0.25, 0.3) is 0 Å². The summed E-state index contributed by atoms with van der Waals surface area (Å²) in [5.74, 6) is 0.674. The Morgan fingerprint density at radius 2 is 1.78 bits per heavy atom. The van der Waals surface area contributed by atoms with Gasteiger partial charge in [-0.1, -0.05) is 59.1 Å². The van der Waals surface area contributed by atoms with E-state index in [0.717, 1.165) is 5.75 Å². The van der Waals surface area contributed by atoms with Crippen LogP contribution >= 0.6 is 35.0 Å². The molecule has 0 bridgehead atoms. The average molecular weight is 425 g/mol. The van der Waals surface area contributed by atoms with Crippen molar-refractivity contribution in [3.63, 3.8) is 0 Å². The summed E-state index contributed by atoms with van der Waals surface area (Å²) in [6.07, 6.45) is 0. The number of likely N-dealkylation sites (N-methyl/N-ethyl adjacent to an activating group) is 1. The number of thioether (sulfide) groups is 1. The summed E-state index contributed by atoms with van der Waals surface area (Å²) >= 11 is 13.7. The fraction of sp³-hybridized carbons (Fsp3) is 0.300. The van der Waals surface area contributed by atoms with E-state index < -0.39 is 0 Å². The molecule has 0 radical (unpaired) electrons. The van der Waals surface area contributed by atoms with Crippen LogP contribution in [0.2, 0.25) is 10.0 Å². The number of nitrogens with zero attached hydrogens (tertiary/aromatic N) is 1. The minimum Gasteiger partial charge on any atom is -0.333 e. The van der Waals surface area contributed by atoms with Gasteiger partial charge >= 0.3 is 0 Å². The van der Waals surface area contributed by atoms with Crippen LogP contribution in [0.25, 0.3) is 0 Å². The quantitative estimate of drug-likeness (QED) is 0.646. The average Bonchev–Trinajstić information content (AvgIpc) is 2.63. The Morgan fingerprint density at radius 1 is 1.11 bits per heavy atom. The highest BCUT2D eigenvalue weighted by Gasteiger charge is 2.17. The molecule has 0 saturated carbocycles. The minimum absolute atomic E-state index is 0.0398. The zero-order valence-electron chi connectivity index (χ0n) is 15.3. The lowest BCUT2D eigenvalue weighted by Gasteiger charge is -2.20. The van der Waals surface area contributed by atoms with Gasteiger partial charge in [-0.25, -0.2) is 0 Å². The van der Waals surface area contributed by atoms with Crippen molar-refractivity contribution in [3.05, 3.63) is 63.6 Å². The molecule has 2 aromatic carbocycles. The third-order valence-corrected chi connectivity index (χ3v) is 5.49. The summed E-state index contributed by atoms with van der Waals surface area (Å²) in [5, 5.41) is 3.40. The molecule has 0 aliphatic rings. The zero-order chi connectivity index (χ0) is 19.8. The fourth-order valence-corrected chi connectivity index (χ4v) is 3.86. The number of benzene rings is 2. The highest BCUT2D eigenvalue weighted by Crippen LogP contribution is 2.29. The van der Waals surface area contributed by atoms with Crippen molar-refractivity contribution in [2.75, 3.05) is 24.2 Å². The second kappa shape index (κ2) is 10.6. The van der Waals surface area contributed by atoms with Gasteiger partial charge in [-0.3, -0.25) is 9.59 Å². The summed E-state index contributed by atoms with van der Waals surface area (Å²) in [6.45, 7) is 4.30. The van der Waals surface area contributed by atoms with Crippen LogP contribution in [0, 0.1) is 6.92 Å². The molecule has 0 aliphatic carbocycles. The number of carbonyl (C=O) groups is 2. The molecular weight excluding hydrogens is 403 g/mol. The summed E-state index contributed by atoms with van der Waals surface area (Å²) in [7, 11) is 0. The molecule has 0 heterocycles. The first-order valence-corrected chi connectivity index (χ1v) is 10.5. The number of aryl methyl sites for hydroxylation is 1. The van der Waals surface area contributed by atoms with Crippen LogP contribution in [0.1, 0.15) is 18.1 Å². The van der Waals surface area contributed by atoms with Crippen molar-refractivity contribution in [2.45, 2.75) is 19.6 Å². The number of rotatable bonds is 8. The molecular formula is C20H22Cl2N2O2S. The monoisotopic (exact) mass is 424 g/mol. The van der Waals surface area contributed by atoms with E-state index in [9.17, 15) is 9.59 Å². The highest BCUT2D eigenvalue weighted by atomic mass is 35.5. The second-order valence-electron chi connectivity index (χ2n) is 6.03. The number of nitrogens with one attached hydrogen (secondary N) is 1. The largest absolute Gasteiger partial charge is 0.333 e. The lowest BCUT2D eigenvalue weighted by atomic mass is 10.2. The molecule has 2 aromatic rings. The van der Waals surface area contributed by atoms with Crippen molar-refractivity contribution in [1.29, 1.82) is 0 Å². The van der Waals surface area contributed by atoms with Gasteiger partial charge in [0.05, 0.1) is 28.0 Å². The van der Waals surface area contributed by atoms with Gasteiger partial charge in [0.2, 0.25) is 11.8 Å². The van der Waals surface area contributed by atoms with E-state index in [4.69, 9.17) is 23.2 Å². The number of amides is 2. The molecule has 0 fully saturated rings. The number of para-hydroxylation sites is 1. The van der Waals surface area contributed by atoms with Crippen LogP contribution in [0.15, 0.2) is 42.5 Å². The van der Waals surface area contributed by atoms with Crippen molar-refractivity contribution in [1.82, 2.24) is 4.90 Å². The molecule has 4 nitrogen and oxygen atoms in total. The van der Waals surface area contributed by atoms with Crippen molar-refractivity contribution >= 4 is 52.5 Å². The third-order valence-electron chi connectivity index (χ3n) is 3.87. The van der Waals surface area contributed by atoms with Gasteiger partial charge in [0.15, 0.2) is 0 Å². The van der Waals surface area contributed by atoms with E-state index in [1.165, 1.54) is 27.8 Å². The topological polar surface area (TPSA) is 49.4 Å². The number of anilines is 1. The fourth-order valence-electron chi connectivity index (χ4n) is 2.50. The van der Waals surface area contributed by atoms with Crippen LogP contribution in [0.4, 0.5) is 5.69 Å². The second-order valence-corrected chi connectivity index (χ2v) is 7.83. The molecule has 7 heteroatoms. The van der Waals surface area contributed by atoms with Crippen molar-refractivity contribution in [2.24, 2.45) is 0 Å². The van der Waals surface area contributed by atoms with Gasteiger partial charge in [0.1, 0.15) is 0 Å². The van der Waals surface area contributed by atoms with E-state index in [-0.39, 0.29) is 18.4 Å². The molecule has 27 heavy (non-hydrogen) atoms. The first kappa shape index (κ1) is 21.6. The van der Waals surface area contributed by atoms with E-state index >= 15 is 0 Å². The number of carbonyl (C=O) groups excluding carboxylic acids is 2. The van der Waals surface area contributed by atoms with E-state index in [1.807, 2.05) is 32.0 Å². The molecule has 0 unspecified atom stereocenters. The maximum Gasteiger partial charge on any atom is 0.244 e. The standard InChI is InChI=1S/C20H22Cl2N2O2S/c1-3-24(11-18(25)23-20-16(21)8-5-9-17(20)22)19(26)13-27-12-15-7-4-6-14(2)10-15/h4-10H,3,11-13H2,1-2H3,(H,23,25). The van der Waals surface area contributed by atoms with Crippen LogP contribution in [0.5, 0.6) is 0 Å². The predicted molar refractivity (Wildman–Crippen MR) is 115 cm³/mol. The first-order chi connectivity index (χ1) is 12.9. The van der Waals surface area contributed by atoms with Crippen molar-refractivity contribution < 1.29 is 9.59 Å². The van der Waals surface area contributed by atoms with Crippen LogP contribution in [-0.4, -0.2) is 35.6 Å². The summed E-state index contributed by atoms with van der Waals surface area (Å²) in [5.41, 5.74) is 2.75. The minimum atomic E-state index is -0.330. The maximum absolute atomic E-state index is 12.4. The van der Waals surface area contributed by atoms with Gasteiger partial charge in [-0.05, 0) is 31.5 Å². The van der Waals surface area contributed by atoms with Gasteiger partial charge in [0, 0.05) is 12.3 Å². The van der Waals surface area contributed by atoms with E-state index in [0.29, 0.717) is 28.0 Å². The Kier molecular flexibility index (Phi) is 8.48. The SMILES string of the molecule is CCN(CC(=O)Nc1c(Cl)cccc1Cl)C(=O)CSCc1cccc(C)c1. The normalized spacial score (nSPS) is 10.5. The van der Waals surface area contributed by atoms with Gasteiger partial charge in [-0.15, -0.1) is 11.8 Å². The smallest absolute Gasteiger partial charge is 0.244 e. The van der Waals surface area contributed by atoms with E-state index in [1.54, 1.807) is 18.2 Å². The summed E-state index contributed by atoms with van der Waals surface area (Å²) in [4.78, 5) is 26.2. The predicted octanol–water partition coefficient (Wildman–Crippen LogP) is 5.02. The Morgan fingerprint density at radius 3 is 2.41 bits per heavy atom. The Bertz CT molecular complexity index is 794. The van der Waals surface area contributed by atoms with Gasteiger partial charge in [-0.2, -0.15) is 0 Å². The molecule has 0 atom stereocenters. The Labute approximate surface area is 174 Å². The molecule has 0 spiro atoms. The lowest BCUT2D eigenvalue weighted by molar-refractivity contribution is -0.132. The Balaban J connectivity index is 1.86. The van der Waals surface area contributed by atoms with Crippen LogP contribution in [0.3, 0.4) is 0 Å². The lowest BCUT2D eigenvalue weighted by Crippen LogP contribution is -2.38. The Hall–Kier alpha value is -1.69. The molecule has 0 saturated heterocycles. The molecule has 0 aromatic heterocycles. The molecule has 2 amide bonds. The molecule has 2 rings (SSSR count). The van der Waals surface area contributed by atoms with Crippen LogP contribution < -0.4 is 5.32 Å². The first-order valence-electron chi connectivity index (χ1n) is 8.55. The number of halogens is 2. The number of hydrogen-bond acceptors (Lipinski definition) is 3. The summed E-state index contributed by atoms with van der Waals surface area (Å²) < 4.78 is 0. The van der Waals surface area contributed by atoms with E-state index in [2.05, 4.69) is 11.4 Å². The van der Waals surface area contributed by atoms with Crippen LogP contribution in [-0.2, 0) is 15.3 Å². The molecule has 1 N–H and O–H groups in total. The molecule has 144 valence electrons. The maximum atomic E-state index is 12.4. The number of hydrogen-bond donors (Lipinski definition) is 1. The highest BCUT2D eigenvalue weighted by molar-refractivity contribution is 7.99. The molecule has 0 aliphatic heterocycles. The van der Waals surface area contributed by atoms with Gasteiger partial charge < -0.3 is 10.2 Å². The zero-order valence-corrected chi connectivity index (χ0v) is 17.6. The third kappa shape index (κ3) is 6.76. The van der Waals surface area contributed by atoms with Crippen molar-refractivity contribution in [3.8, 4) is 0 Å². The summed E-state index contributed by atoms with van der Waals surface area (Å²) in [6, 6.07) is 13.2.